The second kappa shape index (κ2) is 5.56. The van der Waals surface area contributed by atoms with Gasteiger partial charge in [0.2, 0.25) is 0 Å². The average molecular weight is 190 g/mol. The predicted molar refractivity (Wildman–Crippen MR) is 51.2 cm³/mol. The maximum absolute atomic E-state index is 13.0. The molecule has 13 heavy (non-hydrogen) atoms. The van der Waals surface area contributed by atoms with Crippen molar-refractivity contribution in [2.75, 3.05) is 6.67 Å². The number of hydrogen-bond donors (Lipinski definition) is 0. The van der Waals surface area contributed by atoms with Gasteiger partial charge in [0.15, 0.2) is 0 Å². The molecule has 0 aromatic carbocycles. The molecule has 78 valence electrons. The van der Waals surface area contributed by atoms with Crippen LogP contribution < -0.4 is 0 Å². The first-order valence-electron chi connectivity index (χ1n) is 5.48. The van der Waals surface area contributed by atoms with Crippen molar-refractivity contribution in [3.05, 3.63) is 0 Å². The molecular formula is C11H20F2. The molecule has 0 radical (unpaired) electrons. The number of rotatable bonds is 5. The lowest BCUT2D eigenvalue weighted by atomic mass is 9.97. The molecule has 1 aliphatic carbocycles. The van der Waals surface area contributed by atoms with Crippen molar-refractivity contribution in [2.45, 2.75) is 51.6 Å². The van der Waals surface area contributed by atoms with Crippen LogP contribution >= 0.6 is 0 Å². The predicted octanol–water partition coefficient (Wildman–Crippen LogP) is 3.90. The van der Waals surface area contributed by atoms with Crippen molar-refractivity contribution in [2.24, 2.45) is 11.8 Å². The first-order valence-corrected chi connectivity index (χ1v) is 5.48. The summed E-state index contributed by atoms with van der Waals surface area (Å²) in [6, 6.07) is 0. The van der Waals surface area contributed by atoms with E-state index in [0.29, 0.717) is 5.92 Å². The molecule has 0 bridgehead atoms. The van der Waals surface area contributed by atoms with Crippen LogP contribution in [0.3, 0.4) is 0 Å². The smallest absolute Gasteiger partial charge is 0.131 e. The standard InChI is InChI=1S/C11H20F2/c1-2-3-4-9-5-6-10(7-9)11(13)8-12/h9-11H,2-8H2,1H3. The summed E-state index contributed by atoms with van der Waals surface area (Å²) in [5, 5.41) is 0. The van der Waals surface area contributed by atoms with Gasteiger partial charge in [-0.2, -0.15) is 0 Å². The van der Waals surface area contributed by atoms with Gasteiger partial charge in [0.25, 0.3) is 0 Å². The second-order valence-electron chi connectivity index (χ2n) is 4.25. The largest absolute Gasteiger partial charge is 0.248 e. The van der Waals surface area contributed by atoms with Gasteiger partial charge in [0, 0.05) is 0 Å². The minimum Gasteiger partial charge on any atom is -0.248 e. The topological polar surface area (TPSA) is 0 Å². The highest BCUT2D eigenvalue weighted by atomic mass is 19.2. The first-order chi connectivity index (χ1) is 6.27. The van der Waals surface area contributed by atoms with E-state index in [1.54, 1.807) is 0 Å². The summed E-state index contributed by atoms with van der Waals surface area (Å²) >= 11 is 0. The molecule has 3 atom stereocenters. The lowest BCUT2D eigenvalue weighted by Gasteiger charge is -2.12. The highest BCUT2D eigenvalue weighted by Gasteiger charge is 2.30. The van der Waals surface area contributed by atoms with Gasteiger partial charge in [0.1, 0.15) is 12.8 Å². The Kier molecular flexibility index (Phi) is 4.68. The number of unbranched alkanes of at least 4 members (excludes halogenated alkanes) is 1. The molecule has 1 saturated carbocycles. The minimum absolute atomic E-state index is 0.0202. The molecule has 0 spiro atoms. The van der Waals surface area contributed by atoms with Crippen molar-refractivity contribution >= 4 is 0 Å². The Morgan fingerprint density at radius 3 is 2.77 bits per heavy atom. The molecule has 0 aromatic heterocycles. The van der Waals surface area contributed by atoms with E-state index >= 15 is 0 Å². The van der Waals surface area contributed by atoms with Crippen molar-refractivity contribution in [3.8, 4) is 0 Å². The maximum Gasteiger partial charge on any atom is 0.131 e. The van der Waals surface area contributed by atoms with Crippen LogP contribution in [0.15, 0.2) is 0 Å². The summed E-state index contributed by atoms with van der Waals surface area (Å²) in [5.74, 6) is 0.696. The zero-order valence-corrected chi connectivity index (χ0v) is 8.44. The van der Waals surface area contributed by atoms with Crippen LogP contribution in [0.5, 0.6) is 0 Å². The van der Waals surface area contributed by atoms with Crippen LogP contribution in [-0.4, -0.2) is 12.8 Å². The highest BCUT2D eigenvalue weighted by molar-refractivity contribution is 4.80. The summed E-state index contributed by atoms with van der Waals surface area (Å²) < 4.78 is 25.0. The summed E-state index contributed by atoms with van der Waals surface area (Å²) in [5.41, 5.74) is 0. The van der Waals surface area contributed by atoms with E-state index in [-0.39, 0.29) is 5.92 Å². The van der Waals surface area contributed by atoms with E-state index in [4.69, 9.17) is 0 Å². The summed E-state index contributed by atoms with van der Waals surface area (Å²) in [6.45, 7) is 1.39. The van der Waals surface area contributed by atoms with Gasteiger partial charge in [-0.15, -0.1) is 0 Å². The number of halogens is 2. The van der Waals surface area contributed by atoms with Gasteiger partial charge in [-0.05, 0) is 24.7 Å². The lowest BCUT2D eigenvalue weighted by Crippen LogP contribution is -2.15. The van der Waals surface area contributed by atoms with E-state index in [2.05, 4.69) is 6.92 Å². The normalized spacial score (nSPS) is 30.7. The van der Waals surface area contributed by atoms with E-state index in [9.17, 15) is 8.78 Å². The Labute approximate surface area is 79.7 Å². The zero-order chi connectivity index (χ0) is 9.68. The fraction of sp³-hybridized carbons (Fsp3) is 1.00. The van der Waals surface area contributed by atoms with Crippen molar-refractivity contribution in [3.63, 3.8) is 0 Å². The van der Waals surface area contributed by atoms with Crippen molar-refractivity contribution < 1.29 is 8.78 Å². The SMILES string of the molecule is CCCCC1CCC(C(F)CF)C1. The molecule has 1 rings (SSSR count). The van der Waals surface area contributed by atoms with E-state index < -0.39 is 12.8 Å². The highest BCUT2D eigenvalue weighted by Crippen LogP contribution is 2.37. The summed E-state index contributed by atoms with van der Waals surface area (Å²) in [4.78, 5) is 0. The molecule has 0 N–H and O–H groups in total. The van der Waals surface area contributed by atoms with Crippen LogP contribution in [0, 0.1) is 11.8 Å². The third kappa shape index (κ3) is 3.24. The maximum atomic E-state index is 13.0. The van der Waals surface area contributed by atoms with Gasteiger partial charge in [-0.1, -0.05) is 32.6 Å². The molecular weight excluding hydrogens is 170 g/mol. The molecule has 2 heteroatoms. The quantitative estimate of drug-likeness (QED) is 0.616. The van der Waals surface area contributed by atoms with Gasteiger partial charge in [0.05, 0.1) is 0 Å². The second-order valence-corrected chi connectivity index (χ2v) is 4.25. The Morgan fingerprint density at radius 1 is 1.38 bits per heavy atom. The van der Waals surface area contributed by atoms with Crippen molar-refractivity contribution in [1.82, 2.24) is 0 Å². The molecule has 0 saturated heterocycles. The molecule has 1 fully saturated rings. The van der Waals surface area contributed by atoms with Gasteiger partial charge in [-0.25, -0.2) is 8.78 Å². The van der Waals surface area contributed by atoms with Gasteiger partial charge >= 0.3 is 0 Å². The van der Waals surface area contributed by atoms with Crippen LogP contribution in [0.4, 0.5) is 8.78 Å². The Morgan fingerprint density at radius 2 is 2.15 bits per heavy atom. The third-order valence-electron chi connectivity index (χ3n) is 3.21. The molecule has 0 nitrogen and oxygen atoms in total. The monoisotopic (exact) mass is 190 g/mol. The number of hydrogen-bond acceptors (Lipinski definition) is 0. The van der Waals surface area contributed by atoms with Crippen LogP contribution in [-0.2, 0) is 0 Å². The van der Waals surface area contributed by atoms with Gasteiger partial charge in [-0.3, -0.25) is 0 Å². The fourth-order valence-electron chi connectivity index (χ4n) is 2.32. The molecule has 3 unspecified atom stereocenters. The molecule has 0 amide bonds. The Hall–Kier alpha value is -0.140. The lowest BCUT2D eigenvalue weighted by molar-refractivity contribution is 0.180. The number of alkyl halides is 2. The average Bonchev–Trinajstić information content (AvgIpc) is 2.62. The van der Waals surface area contributed by atoms with Gasteiger partial charge < -0.3 is 0 Å². The van der Waals surface area contributed by atoms with E-state index in [0.717, 1.165) is 19.3 Å². The van der Waals surface area contributed by atoms with E-state index in [1.165, 1.54) is 19.3 Å². The van der Waals surface area contributed by atoms with Crippen molar-refractivity contribution in [1.29, 1.82) is 0 Å². The fourth-order valence-corrected chi connectivity index (χ4v) is 2.32. The molecule has 1 aliphatic rings. The van der Waals surface area contributed by atoms with Crippen LogP contribution in [0.1, 0.15) is 45.4 Å². The first kappa shape index (κ1) is 10.9. The summed E-state index contributed by atoms with van der Waals surface area (Å²) in [7, 11) is 0. The Balaban J connectivity index is 2.19. The van der Waals surface area contributed by atoms with E-state index in [1.807, 2.05) is 0 Å². The molecule has 0 heterocycles. The molecule has 0 aliphatic heterocycles. The Bertz CT molecular complexity index is 136. The van der Waals surface area contributed by atoms with Crippen LogP contribution in [0.25, 0.3) is 0 Å². The summed E-state index contributed by atoms with van der Waals surface area (Å²) in [6.07, 6.45) is 5.42. The minimum atomic E-state index is -1.19. The third-order valence-corrected chi connectivity index (χ3v) is 3.21. The van der Waals surface area contributed by atoms with Crippen LogP contribution in [0.2, 0.25) is 0 Å². The zero-order valence-electron chi connectivity index (χ0n) is 8.44. The molecule has 0 aromatic rings.